The van der Waals surface area contributed by atoms with Gasteiger partial charge in [0.05, 0.1) is 13.1 Å². The van der Waals surface area contributed by atoms with Crippen LogP contribution < -0.4 is 4.74 Å². The molecule has 0 aromatic heterocycles. The van der Waals surface area contributed by atoms with Crippen molar-refractivity contribution >= 4 is 16.9 Å². The standard InChI is InChI=1S/C17H23F2N2O2S/c1-12(2)10-20-11-17(22,21-8-3-9-24-16(20)21)13-4-6-14(7-5-13)23-15(18)19/h4-7,12,15,22H,3,8-11H2,1-2H3/q+1/t17-/m0/s1. The fourth-order valence-electron chi connectivity index (χ4n) is 3.32. The second kappa shape index (κ2) is 6.88. The highest BCUT2D eigenvalue weighted by Crippen LogP contribution is 2.37. The minimum Gasteiger partial charge on any atom is -0.435 e. The Hall–Kier alpha value is -1.34. The van der Waals surface area contributed by atoms with Gasteiger partial charge in [0, 0.05) is 11.3 Å². The van der Waals surface area contributed by atoms with Crippen LogP contribution in [0.15, 0.2) is 24.3 Å². The van der Waals surface area contributed by atoms with E-state index >= 15 is 0 Å². The zero-order chi connectivity index (χ0) is 17.3. The number of β-amino-alcohol motifs (C(OH)–C–C–N with tert-alkyl or cyclic N) is 1. The summed E-state index contributed by atoms with van der Waals surface area (Å²) in [6, 6.07) is 6.32. The second-order valence-electron chi connectivity index (χ2n) is 6.63. The highest BCUT2D eigenvalue weighted by atomic mass is 32.2. The van der Waals surface area contributed by atoms with Gasteiger partial charge >= 0.3 is 11.8 Å². The molecule has 1 N–H and O–H groups in total. The zero-order valence-corrected chi connectivity index (χ0v) is 14.7. The zero-order valence-electron chi connectivity index (χ0n) is 13.9. The largest absolute Gasteiger partial charge is 0.435 e. The SMILES string of the molecule is CC(C)C[N+]1=C2SCCCN2[C@@](O)(c2ccc(OC(F)F)cc2)C1. The fourth-order valence-corrected chi connectivity index (χ4v) is 4.49. The lowest BCUT2D eigenvalue weighted by atomic mass is 10.0. The van der Waals surface area contributed by atoms with Crippen molar-refractivity contribution in [3.8, 4) is 5.75 Å². The maximum absolute atomic E-state index is 12.3. The van der Waals surface area contributed by atoms with Crippen LogP contribution in [-0.2, 0) is 5.72 Å². The van der Waals surface area contributed by atoms with Crippen LogP contribution >= 0.6 is 11.8 Å². The number of ether oxygens (including phenoxy) is 1. The Kier molecular flexibility index (Phi) is 5.01. The number of alkyl halides is 2. The van der Waals surface area contributed by atoms with Crippen LogP contribution in [0, 0.1) is 5.92 Å². The summed E-state index contributed by atoms with van der Waals surface area (Å²) in [5.41, 5.74) is -0.420. The number of nitrogens with zero attached hydrogens (tertiary/aromatic N) is 2. The number of fused-ring (bicyclic) bond motifs is 1. The quantitative estimate of drug-likeness (QED) is 0.822. The van der Waals surface area contributed by atoms with Crippen molar-refractivity contribution in [1.29, 1.82) is 0 Å². The van der Waals surface area contributed by atoms with E-state index in [-0.39, 0.29) is 5.75 Å². The van der Waals surface area contributed by atoms with Crippen molar-refractivity contribution in [1.82, 2.24) is 4.90 Å². The van der Waals surface area contributed by atoms with Crippen LogP contribution in [0.3, 0.4) is 0 Å². The van der Waals surface area contributed by atoms with Gasteiger partial charge in [-0.3, -0.25) is 0 Å². The van der Waals surface area contributed by atoms with E-state index in [9.17, 15) is 13.9 Å². The number of hydrogen-bond donors (Lipinski definition) is 1. The van der Waals surface area contributed by atoms with E-state index in [0.717, 1.165) is 30.4 Å². The van der Waals surface area contributed by atoms with Crippen LogP contribution in [0.1, 0.15) is 25.8 Å². The molecule has 7 heteroatoms. The van der Waals surface area contributed by atoms with E-state index in [1.807, 2.05) is 4.90 Å². The molecular formula is C17H23F2N2O2S+. The molecule has 1 saturated heterocycles. The Balaban J connectivity index is 1.87. The maximum Gasteiger partial charge on any atom is 0.387 e. The van der Waals surface area contributed by atoms with Gasteiger partial charge in [0.25, 0.3) is 5.72 Å². The van der Waals surface area contributed by atoms with Gasteiger partial charge in [-0.25, -0.2) is 9.48 Å². The Bertz CT molecular complexity index is 622. The van der Waals surface area contributed by atoms with E-state index in [1.165, 1.54) is 12.1 Å². The average Bonchev–Trinajstić information content (AvgIpc) is 2.81. The minimum absolute atomic E-state index is 0.103. The third-order valence-electron chi connectivity index (χ3n) is 4.24. The summed E-state index contributed by atoms with van der Waals surface area (Å²) in [4.78, 5) is 2.05. The van der Waals surface area contributed by atoms with Gasteiger partial charge in [-0.05, 0) is 48.4 Å². The minimum atomic E-state index is -2.84. The average molecular weight is 357 g/mol. The molecule has 2 aliphatic rings. The summed E-state index contributed by atoms with van der Waals surface area (Å²) < 4.78 is 31.2. The van der Waals surface area contributed by atoms with Crippen molar-refractivity contribution in [3.05, 3.63) is 29.8 Å². The van der Waals surface area contributed by atoms with Gasteiger partial charge in [-0.1, -0.05) is 13.8 Å². The second-order valence-corrected chi connectivity index (χ2v) is 7.69. The molecule has 0 saturated carbocycles. The molecular weight excluding hydrogens is 334 g/mol. The molecule has 132 valence electrons. The molecule has 0 bridgehead atoms. The summed E-state index contributed by atoms with van der Waals surface area (Å²) in [6.07, 6.45) is 1.01. The topological polar surface area (TPSA) is 35.7 Å². The molecule has 0 amide bonds. The number of rotatable bonds is 5. The molecule has 0 radical (unpaired) electrons. The Labute approximate surface area is 145 Å². The summed E-state index contributed by atoms with van der Waals surface area (Å²) in [5, 5.41) is 12.5. The lowest BCUT2D eigenvalue weighted by Crippen LogP contribution is -2.48. The Morgan fingerprint density at radius 2 is 2.04 bits per heavy atom. The van der Waals surface area contributed by atoms with Crippen LogP contribution in [0.5, 0.6) is 5.75 Å². The molecule has 24 heavy (non-hydrogen) atoms. The molecule has 3 rings (SSSR count). The molecule has 1 fully saturated rings. The number of thioether (sulfide) groups is 1. The molecule has 0 aliphatic carbocycles. The number of benzene rings is 1. The van der Waals surface area contributed by atoms with E-state index in [2.05, 4.69) is 23.2 Å². The third-order valence-corrected chi connectivity index (χ3v) is 5.47. The highest BCUT2D eigenvalue weighted by Gasteiger charge is 2.54. The number of halogens is 2. The molecule has 2 heterocycles. The molecule has 0 unspecified atom stereocenters. The molecule has 1 aromatic rings. The monoisotopic (exact) mass is 357 g/mol. The van der Waals surface area contributed by atoms with Gasteiger partial charge in [-0.15, -0.1) is 0 Å². The van der Waals surface area contributed by atoms with Crippen molar-refractivity contribution in [3.63, 3.8) is 0 Å². The van der Waals surface area contributed by atoms with Gasteiger partial charge < -0.3 is 9.84 Å². The van der Waals surface area contributed by atoms with Crippen molar-refractivity contribution in [2.75, 3.05) is 25.4 Å². The normalized spacial score (nSPS) is 24.0. The highest BCUT2D eigenvalue weighted by molar-refractivity contribution is 8.13. The third kappa shape index (κ3) is 3.37. The Morgan fingerprint density at radius 3 is 2.67 bits per heavy atom. The predicted octanol–water partition coefficient (Wildman–Crippen LogP) is 2.91. The van der Waals surface area contributed by atoms with Crippen LogP contribution in [0.25, 0.3) is 0 Å². The van der Waals surface area contributed by atoms with Gasteiger partial charge in [0.2, 0.25) is 0 Å². The number of aliphatic hydroxyl groups is 1. The molecule has 1 aromatic carbocycles. The van der Waals surface area contributed by atoms with E-state index < -0.39 is 12.3 Å². The molecule has 4 nitrogen and oxygen atoms in total. The number of amidine groups is 1. The summed E-state index contributed by atoms with van der Waals surface area (Å²) in [6.45, 7) is 3.64. The van der Waals surface area contributed by atoms with Crippen molar-refractivity contribution in [2.45, 2.75) is 32.6 Å². The van der Waals surface area contributed by atoms with Gasteiger partial charge in [-0.2, -0.15) is 8.78 Å². The maximum atomic E-state index is 12.3. The lowest BCUT2D eigenvalue weighted by Gasteiger charge is -2.30. The summed E-state index contributed by atoms with van der Waals surface area (Å²) in [5.74, 6) is 1.65. The van der Waals surface area contributed by atoms with E-state index in [0.29, 0.717) is 18.0 Å². The first kappa shape index (κ1) is 17.5. The van der Waals surface area contributed by atoms with E-state index in [1.54, 1.807) is 23.9 Å². The van der Waals surface area contributed by atoms with Crippen LogP contribution in [-0.4, -0.2) is 51.7 Å². The molecule has 1 atom stereocenters. The fraction of sp³-hybridized carbons (Fsp3) is 0.588. The lowest BCUT2D eigenvalue weighted by molar-refractivity contribution is -0.537. The summed E-state index contributed by atoms with van der Waals surface area (Å²) in [7, 11) is 0. The Morgan fingerprint density at radius 1 is 1.33 bits per heavy atom. The smallest absolute Gasteiger partial charge is 0.387 e. The molecule has 2 aliphatic heterocycles. The van der Waals surface area contributed by atoms with Gasteiger partial charge in [0.1, 0.15) is 5.75 Å². The summed E-state index contributed by atoms with van der Waals surface area (Å²) >= 11 is 1.78. The number of hydrogen-bond acceptors (Lipinski definition) is 4. The first-order valence-electron chi connectivity index (χ1n) is 8.20. The van der Waals surface area contributed by atoms with Crippen molar-refractivity contribution in [2.24, 2.45) is 5.92 Å². The predicted molar refractivity (Wildman–Crippen MR) is 90.6 cm³/mol. The molecule has 0 spiro atoms. The van der Waals surface area contributed by atoms with Crippen molar-refractivity contribution < 1.29 is 23.2 Å². The first-order chi connectivity index (χ1) is 11.4. The van der Waals surface area contributed by atoms with Crippen LogP contribution in [0.2, 0.25) is 0 Å². The first-order valence-corrected chi connectivity index (χ1v) is 9.19. The van der Waals surface area contributed by atoms with E-state index in [4.69, 9.17) is 0 Å². The van der Waals surface area contributed by atoms with Crippen LogP contribution in [0.4, 0.5) is 8.78 Å². The van der Waals surface area contributed by atoms with Gasteiger partial charge in [0.15, 0.2) is 6.54 Å².